The molecule has 1 saturated heterocycles. The molecule has 3 N–H and O–H groups in total. The molecule has 2 rings (SSSR count). The molecule has 1 fully saturated rings. The van der Waals surface area contributed by atoms with Gasteiger partial charge in [0.05, 0.1) is 12.0 Å². The van der Waals surface area contributed by atoms with Gasteiger partial charge in [0, 0.05) is 12.7 Å². The molecule has 2 heterocycles. The van der Waals surface area contributed by atoms with Crippen LogP contribution in [0.15, 0.2) is 6.20 Å². The van der Waals surface area contributed by atoms with Gasteiger partial charge in [-0.1, -0.05) is 11.6 Å². The van der Waals surface area contributed by atoms with E-state index < -0.39 is 5.41 Å². The number of hydrogen-bond donors (Lipinski definition) is 2. The number of carbonyl (C=O) groups excluding carboxylic acids is 1. The standard InChI is InChI=1S/C9H13ClN4O/c1-9(2-3-12-8(9)15)5-14-4-6(10)7(11)13-14/h4H,2-3,5H2,1H3,(H2,11,13)(H,12,15). The second-order valence-electron chi connectivity index (χ2n) is 4.13. The first-order chi connectivity index (χ1) is 7.01. The molecule has 1 aliphatic heterocycles. The molecule has 0 spiro atoms. The number of anilines is 1. The predicted octanol–water partition coefficient (Wildman–Crippen LogP) is 0.645. The van der Waals surface area contributed by atoms with Crippen LogP contribution in [0.25, 0.3) is 0 Å². The number of amides is 1. The van der Waals surface area contributed by atoms with E-state index in [2.05, 4.69) is 10.4 Å². The normalized spacial score (nSPS) is 25.6. The van der Waals surface area contributed by atoms with Crippen LogP contribution in [0.1, 0.15) is 13.3 Å². The van der Waals surface area contributed by atoms with Crippen LogP contribution in [-0.4, -0.2) is 22.2 Å². The van der Waals surface area contributed by atoms with Crippen molar-refractivity contribution in [2.24, 2.45) is 5.41 Å². The summed E-state index contributed by atoms with van der Waals surface area (Å²) >= 11 is 5.79. The van der Waals surface area contributed by atoms with Gasteiger partial charge < -0.3 is 11.1 Å². The molecule has 0 bridgehead atoms. The number of carbonyl (C=O) groups is 1. The number of hydrogen-bond acceptors (Lipinski definition) is 3. The first kappa shape index (κ1) is 10.3. The fourth-order valence-corrected chi connectivity index (χ4v) is 1.93. The molecule has 1 unspecified atom stereocenters. The minimum absolute atomic E-state index is 0.0627. The van der Waals surface area contributed by atoms with E-state index in [1.165, 1.54) is 0 Å². The molecule has 82 valence electrons. The molecule has 15 heavy (non-hydrogen) atoms. The Balaban J connectivity index is 2.18. The summed E-state index contributed by atoms with van der Waals surface area (Å²) in [6.07, 6.45) is 2.46. The lowest BCUT2D eigenvalue weighted by molar-refractivity contribution is -0.127. The number of nitrogens with two attached hydrogens (primary N) is 1. The van der Waals surface area contributed by atoms with Crippen LogP contribution in [-0.2, 0) is 11.3 Å². The summed E-state index contributed by atoms with van der Waals surface area (Å²) in [6, 6.07) is 0. The molecular weight excluding hydrogens is 216 g/mol. The fourth-order valence-electron chi connectivity index (χ4n) is 1.78. The van der Waals surface area contributed by atoms with Crippen molar-refractivity contribution in [2.45, 2.75) is 19.9 Å². The number of nitrogens with one attached hydrogen (secondary N) is 1. The minimum Gasteiger partial charge on any atom is -0.381 e. The van der Waals surface area contributed by atoms with Gasteiger partial charge in [-0.2, -0.15) is 5.10 Å². The first-order valence-corrected chi connectivity index (χ1v) is 5.16. The predicted molar refractivity (Wildman–Crippen MR) is 57.4 cm³/mol. The largest absolute Gasteiger partial charge is 0.381 e. The van der Waals surface area contributed by atoms with Crippen LogP contribution in [0.2, 0.25) is 5.02 Å². The van der Waals surface area contributed by atoms with Gasteiger partial charge in [0.1, 0.15) is 5.02 Å². The summed E-state index contributed by atoms with van der Waals surface area (Å²) in [5.74, 6) is 0.367. The number of halogens is 1. The van der Waals surface area contributed by atoms with E-state index in [0.29, 0.717) is 17.4 Å². The fraction of sp³-hybridized carbons (Fsp3) is 0.556. The lowest BCUT2D eigenvalue weighted by Crippen LogP contribution is -2.32. The Labute approximate surface area is 92.6 Å². The average molecular weight is 229 g/mol. The second-order valence-corrected chi connectivity index (χ2v) is 4.53. The third-order valence-corrected chi connectivity index (χ3v) is 3.06. The highest BCUT2D eigenvalue weighted by molar-refractivity contribution is 6.32. The van der Waals surface area contributed by atoms with E-state index in [4.69, 9.17) is 17.3 Å². The maximum atomic E-state index is 11.6. The third-order valence-electron chi connectivity index (χ3n) is 2.76. The highest BCUT2D eigenvalue weighted by atomic mass is 35.5. The van der Waals surface area contributed by atoms with E-state index in [1.54, 1.807) is 10.9 Å². The lowest BCUT2D eigenvalue weighted by atomic mass is 9.89. The zero-order valence-corrected chi connectivity index (χ0v) is 9.21. The minimum atomic E-state index is -0.401. The van der Waals surface area contributed by atoms with Gasteiger partial charge in [-0.15, -0.1) is 0 Å². The van der Waals surface area contributed by atoms with Gasteiger partial charge in [0.2, 0.25) is 5.91 Å². The quantitative estimate of drug-likeness (QED) is 0.781. The van der Waals surface area contributed by atoms with Crippen LogP contribution in [0.3, 0.4) is 0 Å². The third kappa shape index (κ3) is 1.79. The zero-order chi connectivity index (χ0) is 11.1. The molecular formula is C9H13ClN4O. The summed E-state index contributed by atoms with van der Waals surface area (Å²) in [5, 5.41) is 7.27. The summed E-state index contributed by atoms with van der Waals surface area (Å²) in [5.41, 5.74) is 5.13. The Morgan fingerprint density at radius 3 is 3.00 bits per heavy atom. The van der Waals surface area contributed by atoms with Gasteiger partial charge in [-0.25, -0.2) is 0 Å². The van der Waals surface area contributed by atoms with Crippen molar-refractivity contribution in [3.8, 4) is 0 Å². The van der Waals surface area contributed by atoms with Gasteiger partial charge in [0.25, 0.3) is 0 Å². The summed E-state index contributed by atoms with van der Waals surface area (Å²) in [6.45, 7) is 3.15. The van der Waals surface area contributed by atoms with Gasteiger partial charge in [-0.05, 0) is 13.3 Å². The summed E-state index contributed by atoms with van der Waals surface area (Å²) in [7, 11) is 0. The molecule has 0 aromatic carbocycles. The lowest BCUT2D eigenvalue weighted by Gasteiger charge is -2.19. The van der Waals surface area contributed by atoms with E-state index >= 15 is 0 Å². The van der Waals surface area contributed by atoms with Crippen LogP contribution in [0.4, 0.5) is 5.82 Å². The Hall–Kier alpha value is -1.23. The van der Waals surface area contributed by atoms with Crippen molar-refractivity contribution in [3.63, 3.8) is 0 Å². The highest BCUT2D eigenvalue weighted by Crippen LogP contribution is 2.28. The molecule has 0 saturated carbocycles. The number of rotatable bonds is 2. The Morgan fingerprint density at radius 2 is 2.53 bits per heavy atom. The Bertz CT molecular complexity index is 383. The molecule has 1 aliphatic rings. The van der Waals surface area contributed by atoms with E-state index in [0.717, 1.165) is 13.0 Å². The maximum Gasteiger partial charge on any atom is 0.227 e. The molecule has 0 aliphatic carbocycles. The average Bonchev–Trinajstić information content (AvgIpc) is 2.60. The van der Waals surface area contributed by atoms with Crippen molar-refractivity contribution in [1.82, 2.24) is 15.1 Å². The van der Waals surface area contributed by atoms with E-state index in [9.17, 15) is 4.79 Å². The second kappa shape index (κ2) is 3.41. The van der Waals surface area contributed by atoms with Crippen molar-refractivity contribution in [3.05, 3.63) is 11.2 Å². The molecule has 1 atom stereocenters. The van der Waals surface area contributed by atoms with Crippen molar-refractivity contribution < 1.29 is 4.79 Å². The summed E-state index contributed by atoms with van der Waals surface area (Å²) in [4.78, 5) is 11.6. The van der Waals surface area contributed by atoms with Crippen molar-refractivity contribution in [2.75, 3.05) is 12.3 Å². The van der Waals surface area contributed by atoms with Crippen molar-refractivity contribution >= 4 is 23.3 Å². The first-order valence-electron chi connectivity index (χ1n) is 4.78. The SMILES string of the molecule is CC1(Cn2cc(Cl)c(N)n2)CCNC1=O. The molecule has 5 nitrogen and oxygen atoms in total. The van der Waals surface area contributed by atoms with Gasteiger partial charge >= 0.3 is 0 Å². The Kier molecular flexibility index (Phi) is 2.34. The smallest absolute Gasteiger partial charge is 0.227 e. The van der Waals surface area contributed by atoms with E-state index in [1.807, 2.05) is 6.92 Å². The molecule has 1 amide bonds. The number of nitrogens with zero attached hydrogens (tertiary/aromatic N) is 2. The molecule has 0 radical (unpaired) electrons. The maximum absolute atomic E-state index is 11.6. The Morgan fingerprint density at radius 1 is 1.80 bits per heavy atom. The van der Waals surface area contributed by atoms with Gasteiger partial charge in [0.15, 0.2) is 5.82 Å². The zero-order valence-electron chi connectivity index (χ0n) is 8.46. The van der Waals surface area contributed by atoms with Crippen LogP contribution >= 0.6 is 11.6 Å². The van der Waals surface area contributed by atoms with Crippen LogP contribution in [0, 0.1) is 5.41 Å². The number of aromatic nitrogens is 2. The number of nitrogen functional groups attached to an aromatic ring is 1. The highest BCUT2D eigenvalue weighted by Gasteiger charge is 2.38. The van der Waals surface area contributed by atoms with Crippen molar-refractivity contribution in [1.29, 1.82) is 0 Å². The molecule has 1 aromatic heterocycles. The van der Waals surface area contributed by atoms with E-state index in [-0.39, 0.29) is 5.91 Å². The monoisotopic (exact) mass is 228 g/mol. The van der Waals surface area contributed by atoms with Gasteiger partial charge in [-0.3, -0.25) is 9.48 Å². The topological polar surface area (TPSA) is 72.9 Å². The van der Waals surface area contributed by atoms with Crippen LogP contribution < -0.4 is 11.1 Å². The molecule has 1 aromatic rings. The molecule has 6 heteroatoms. The summed E-state index contributed by atoms with van der Waals surface area (Å²) < 4.78 is 1.63. The van der Waals surface area contributed by atoms with Crippen LogP contribution in [0.5, 0.6) is 0 Å².